The van der Waals surface area contributed by atoms with Crippen LogP contribution in [0, 0.1) is 35.9 Å². The van der Waals surface area contributed by atoms with Crippen LogP contribution in [0.3, 0.4) is 0 Å². The number of hydrogen-bond donors (Lipinski definition) is 0. The van der Waals surface area contributed by atoms with Gasteiger partial charge in [-0.25, -0.2) is 9.37 Å². The summed E-state index contributed by atoms with van der Waals surface area (Å²) in [6, 6.07) is 7.20. The number of aryl methyl sites for hydroxylation is 1. The second-order valence-corrected chi connectivity index (χ2v) is 12.2. The minimum absolute atomic E-state index is 0.00860. The Hall–Kier alpha value is -4.04. The number of nitrogens with zero attached hydrogens (tertiary/aromatic N) is 7. The highest BCUT2D eigenvalue weighted by atomic mass is 19.1. The molecule has 1 atom stereocenters. The zero-order valence-corrected chi connectivity index (χ0v) is 28.4. The number of hydrogen-bond acceptors (Lipinski definition) is 8. The zero-order valence-electron chi connectivity index (χ0n) is 28.4. The topological polar surface area (TPSA) is 106 Å². The molecule has 4 heterocycles. The minimum atomic E-state index is -0.328. The van der Waals surface area contributed by atoms with Crippen molar-refractivity contribution < 1.29 is 18.7 Å². The predicted octanol–water partition coefficient (Wildman–Crippen LogP) is 4.80. The fraction of sp³-hybridized carbons (Fsp3) is 0.571. The van der Waals surface area contributed by atoms with E-state index in [1.807, 2.05) is 33.8 Å². The molecule has 0 unspecified atom stereocenters. The van der Waals surface area contributed by atoms with Crippen LogP contribution in [0.25, 0.3) is 0 Å². The first-order chi connectivity index (χ1) is 22.0. The summed E-state index contributed by atoms with van der Waals surface area (Å²) in [6.45, 7) is 16.6. The van der Waals surface area contributed by atoms with Crippen molar-refractivity contribution in [2.24, 2.45) is 11.8 Å². The fourth-order valence-electron chi connectivity index (χ4n) is 5.78. The highest BCUT2D eigenvalue weighted by Crippen LogP contribution is 2.34. The smallest absolute Gasteiger partial charge is 0.318 e. The molecule has 5 rings (SSSR count). The molecule has 1 aromatic carbocycles. The van der Waals surface area contributed by atoms with E-state index in [9.17, 15) is 14.0 Å². The van der Waals surface area contributed by atoms with Crippen LogP contribution in [0.4, 0.5) is 15.9 Å². The maximum atomic E-state index is 14.5. The number of anilines is 2. The van der Waals surface area contributed by atoms with Crippen molar-refractivity contribution in [1.82, 2.24) is 19.8 Å². The second-order valence-electron chi connectivity index (χ2n) is 12.2. The highest BCUT2D eigenvalue weighted by Gasteiger charge is 2.33. The molecule has 0 N–H and O–H groups in total. The largest absolute Gasteiger partial charge is 0.464 e. The third-order valence-corrected chi connectivity index (χ3v) is 8.43. The molecular formula is C35H50FN7O3. The number of likely N-dealkylation sites (tertiary alicyclic amines) is 1. The van der Waals surface area contributed by atoms with Crippen LogP contribution in [-0.4, -0.2) is 91.6 Å². The average molecular weight is 636 g/mol. The lowest BCUT2D eigenvalue weighted by atomic mass is 9.87. The first-order valence-corrected chi connectivity index (χ1v) is 16.3. The van der Waals surface area contributed by atoms with Crippen molar-refractivity contribution in [3.05, 3.63) is 53.5 Å². The Morgan fingerprint density at radius 3 is 2.35 bits per heavy atom. The Labute approximate surface area is 273 Å². The molecule has 11 heteroatoms. The summed E-state index contributed by atoms with van der Waals surface area (Å²) in [7, 11) is 3.88. The number of amides is 2. The van der Waals surface area contributed by atoms with Gasteiger partial charge < -0.3 is 24.3 Å². The first-order valence-electron chi connectivity index (χ1n) is 16.3. The van der Waals surface area contributed by atoms with Gasteiger partial charge in [0.25, 0.3) is 0 Å². The summed E-state index contributed by atoms with van der Waals surface area (Å²) in [5, 5.41) is 7.89. The number of benzene rings is 1. The van der Waals surface area contributed by atoms with Gasteiger partial charge in [-0.2, -0.15) is 10.2 Å². The molecule has 1 aromatic heterocycles. The van der Waals surface area contributed by atoms with Crippen molar-refractivity contribution in [3.8, 4) is 12.1 Å². The van der Waals surface area contributed by atoms with Gasteiger partial charge in [-0.15, -0.1) is 0 Å². The minimum Gasteiger partial charge on any atom is -0.464 e. The predicted molar refractivity (Wildman–Crippen MR) is 179 cm³/mol. The van der Waals surface area contributed by atoms with Gasteiger partial charge in [0.1, 0.15) is 11.6 Å². The van der Waals surface area contributed by atoms with Gasteiger partial charge in [-0.05, 0) is 98.1 Å². The Balaban J connectivity index is 0.000000444. The van der Waals surface area contributed by atoms with E-state index in [4.69, 9.17) is 15.0 Å². The van der Waals surface area contributed by atoms with E-state index in [0.717, 1.165) is 17.1 Å². The molecule has 0 saturated carbocycles. The number of aromatic nitrogens is 2. The van der Waals surface area contributed by atoms with Crippen molar-refractivity contribution in [2.75, 3.05) is 69.8 Å². The van der Waals surface area contributed by atoms with Crippen LogP contribution in [0.5, 0.6) is 6.01 Å². The summed E-state index contributed by atoms with van der Waals surface area (Å²) >= 11 is 0. The summed E-state index contributed by atoms with van der Waals surface area (Å²) in [5.74, 6) is 0.270. The molecule has 250 valence electrons. The molecule has 0 radical (unpaired) electrons. The van der Waals surface area contributed by atoms with E-state index in [-0.39, 0.29) is 29.5 Å². The van der Waals surface area contributed by atoms with Crippen LogP contribution in [0.1, 0.15) is 56.9 Å². The van der Waals surface area contributed by atoms with Crippen molar-refractivity contribution in [2.45, 2.75) is 59.8 Å². The van der Waals surface area contributed by atoms with Crippen LogP contribution >= 0.6 is 0 Å². The van der Waals surface area contributed by atoms with Crippen LogP contribution in [-0.2, 0) is 22.4 Å². The maximum Gasteiger partial charge on any atom is 0.318 e. The van der Waals surface area contributed by atoms with E-state index in [1.54, 1.807) is 29.0 Å². The van der Waals surface area contributed by atoms with Crippen molar-refractivity contribution in [3.63, 3.8) is 0 Å². The molecule has 10 nitrogen and oxygen atoms in total. The van der Waals surface area contributed by atoms with E-state index < -0.39 is 0 Å². The van der Waals surface area contributed by atoms with Gasteiger partial charge in [-0.3, -0.25) is 9.59 Å². The van der Waals surface area contributed by atoms with Crippen LogP contribution < -0.4 is 14.5 Å². The van der Waals surface area contributed by atoms with Gasteiger partial charge in [0.15, 0.2) is 0 Å². The van der Waals surface area contributed by atoms with Crippen molar-refractivity contribution in [1.29, 1.82) is 5.26 Å². The van der Waals surface area contributed by atoms with E-state index in [1.165, 1.54) is 38.1 Å². The molecule has 0 aliphatic carbocycles. The molecule has 0 spiro atoms. The zero-order chi connectivity index (χ0) is 33.8. The Kier molecular flexibility index (Phi) is 13.9. The molecule has 46 heavy (non-hydrogen) atoms. The normalized spacial score (nSPS) is 17.8. The molecule has 0 bridgehead atoms. The molecule has 2 saturated heterocycles. The summed E-state index contributed by atoms with van der Waals surface area (Å²) in [5.41, 5.74) is 2.97. The van der Waals surface area contributed by atoms with E-state index in [0.29, 0.717) is 69.3 Å². The number of halogens is 1. The summed E-state index contributed by atoms with van der Waals surface area (Å²) in [4.78, 5) is 42.1. The summed E-state index contributed by atoms with van der Waals surface area (Å²) < 4.78 is 20.1. The first kappa shape index (κ1) is 36.4. The van der Waals surface area contributed by atoms with Gasteiger partial charge in [-0.1, -0.05) is 12.6 Å². The second kappa shape index (κ2) is 17.6. The number of piperazine rings is 1. The third-order valence-electron chi connectivity index (χ3n) is 8.43. The number of nitriles is 1. The van der Waals surface area contributed by atoms with Gasteiger partial charge in [0, 0.05) is 67.6 Å². The lowest BCUT2D eigenvalue weighted by molar-refractivity contribution is -0.126. The molecule has 3 aliphatic heterocycles. The quantitative estimate of drug-likeness (QED) is 0.400. The molecule has 2 aromatic rings. The molecule has 2 fully saturated rings. The molecule has 2 amide bonds. The van der Waals surface area contributed by atoms with Gasteiger partial charge in [0.2, 0.25) is 11.8 Å². The number of ether oxygens (including phenoxy) is 1. The number of carbonyl (C=O) groups is 2. The van der Waals surface area contributed by atoms with Crippen LogP contribution in [0.2, 0.25) is 0 Å². The van der Waals surface area contributed by atoms with Gasteiger partial charge >= 0.3 is 6.01 Å². The van der Waals surface area contributed by atoms with Crippen molar-refractivity contribution >= 4 is 23.3 Å². The fourth-order valence-corrected chi connectivity index (χ4v) is 5.78. The Morgan fingerprint density at radius 1 is 1.15 bits per heavy atom. The third kappa shape index (κ3) is 9.73. The number of rotatable bonds is 7. The number of fused-ring (bicyclic) bond motifs is 1. The lowest BCUT2D eigenvalue weighted by Gasteiger charge is -2.36. The van der Waals surface area contributed by atoms with Gasteiger partial charge in [0.05, 0.1) is 12.7 Å². The maximum absolute atomic E-state index is 14.5. The van der Waals surface area contributed by atoms with Crippen LogP contribution in [0.15, 0.2) is 30.9 Å². The lowest BCUT2D eigenvalue weighted by Crippen LogP contribution is -2.49. The molecular weight excluding hydrogens is 585 g/mol. The SMILES string of the molecule is C=CC(=O)N1CCN(c2nc(OCC)nc(C)c2CC[C@@H]2Cc3c(F)cccc3N(C)C2=O)CC1.CC(C)C#N.CN1CCCC1. The van der Waals surface area contributed by atoms with E-state index in [2.05, 4.69) is 28.4 Å². The average Bonchev–Trinajstić information content (AvgIpc) is 3.54. The number of carbonyl (C=O) groups excluding carboxylic acids is 2. The standard InChI is InChI=1S/C26H32FN5O3.C5H11N.C4H7N/c1-5-23(33)31-12-14-32(15-13-31)24-19(17(3)28-26(29-24)35-6-2)11-10-18-16-20-21(27)8-7-9-22(20)30(4)25(18)34;1-6-4-2-3-5-6;1-4(2)3-5/h5,7-9,18H,1,6,10-16H2,2-4H3;2-5H2,1H3;4H,1-2H3/t18-;;/m1../s1. The highest BCUT2D eigenvalue weighted by molar-refractivity contribution is 5.97. The molecule has 3 aliphatic rings. The van der Waals surface area contributed by atoms with E-state index >= 15 is 0 Å². The summed E-state index contributed by atoms with van der Waals surface area (Å²) in [6.07, 6.45) is 5.67. The Morgan fingerprint density at radius 2 is 1.80 bits per heavy atom. The monoisotopic (exact) mass is 635 g/mol. The Bertz CT molecular complexity index is 1380.